The Hall–Kier alpha value is -2.65. The van der Waals surface area contributed by atoms with Gasteiger partial charge in [0.25, 0.3) is 5.91 Å². The highest BCUT2D eigenvalue weighted by Crippen LogP contribution is 2.47. The number of amides is 3. The number of hydrogen-bond donors (Lipinski definition) is 2. The molecule has 2 saturated heterocycles. The normalized spacial score (nSPS) is 26.6. The van der Waals surface area contributed by atoms with Crippen molar-refractivity contribution in [3.63, 3.8) is 0 Å². The second kappa shape index (κ2) is 11.8. The van der Waals surface area contributed by atoms with E-state index in [1.807, 2.05) is 41.8 Å². The Balaban J connectivity index is 1.17. The lowest BCUT2D eigenvalue weighted by Gasteiger charge is -2.40. The molecular formula is C33H48N4O5. The third-order valence-corrected chi connectivity index (χ3v) is 10.0. The molecule has 2 saturated carbocycles. The molecule has 230 valence electrons. The standard InChI is InChI=1S/C33H48N4O5/c1-4-5-6-15-36-27-19-26(9-10-28(27)42-32(2,3)31(36)40)37(25-7-8-25)30(39)23-18-22(20-34-21-23)29(38)35-33(13-14-33)24-11-16-41-17-12-24/h9-10,19,22-25,34H,4-8,11-18,20-21H2,1-3H3,(H,35,38)/t22-,23+/m0/s1. The van der Waals surface area contributed by atoms with E-state index < -0.39 is 5.60 Å². The van der Waals surface area contributed by atoms with Crippen LogP contribution in [-0.2, 0) is 19.1 Å². The summed E-state index contributed by atoms with van der Waals surface area (Å²) >= 11 is 0. The predicted molar refractivity (Wildman–Crippen MR) is 162 cm³/mol. The van der Waals surface area contributed by atoms with Gasteiger partial charge in [-0.05, 0) is 89.3 Å². The van der Waals surface area contributed by atoms with Gasteiger partial charge in [0.2, 0.25) is 11.8 Å². The summed E-state index contributed by atoms with van der Waals surface area (Å²) in [6.07, 6.45) is 9.60. The Morgan fingerprint density at radius 2 is 1.81 bits per heavy atom. The maximum atomic E-state index is 14.1. The molecule has 0 spiro atoms. The van der Waals surface area contributed by atoms with Gasteiger partial charge in [-0.2, -0.15) is 0 Å². The fourth-order valence-electron chi connectivity index (χ4n) is 7.19. The molecule has 3 aliphatic heterocycles. The number of hydrogen-bond acceptors (Lipinski definition) is 6. The zero-order valence-corrected chi connectivity index (χ0v) is 25.6. The molecule has 0 aromatic heterocycles. The fourth-order valence-corrected chi connectivity index (χ4v) is 7.19. The number of carbonyl (C=O) groups is 3. The number of nitrogens with one attached hydrogen (secondary N) is 2. The minimum atomic E-state index is -0.931. The number of nitrogens with zero attached hydrogens (tertiary/aromatic N) is 2. The molecule has 9 nitrogen and oxygen atoms in total. The molecule has 2 N–H and O–H groups in total. The number of anilines is 2. The molecule has 1 aromatic carbocycles. The average Bonchev–Trinajstić information content (AvgIpc) is 3.93. The van der Waals surface area contributed by atoms with Crippen molar-refractivity contribution in [2.24, 2.45) is 17.8 Å². The number of rotatable bonds is 10. The maximum Gasteiger partial charge on any atom is 0.270 e. The van der Waals surface area contributed by atoms with Gasteiger partial charge in [-0.15, -0.1) is 0 Å². The van der Waals surface area contributed by atoms with Gasteiger partial charge in [0.15, 0.2) is 5.60 Å². The summed E-state index contributed by atoms with van der Waals surface area (Å²) in [6.45, 7) is 9.14. The van der Waals surface area contributed by atoms with Crippen molar-refractivity contribution < 1.29 is 23.9 Å². The first-order chi connectivity index (χ1) is 20.2. The number of benzene rings is 1. The first kappa shape index (κ1) is 29.4. The molecular weight excluding hydrogens is 532 g/mol. The zero-order chi connectivity index (χ0) is 29.5. The summed E-state index contributed by atoms with van der Waals surface area (Å²) in [5.74, 6) is 0.760. The lowest BCUT2D eigenvalue weighted by atomic mass is 9.86. The van der Waals surface area contributed by atoms with Gasteiger partial charge < -0.3 is 29.9 Å². The molecule has 9 heteroatoms. The predicted octanol–water partition coefficient (Wildman–Crippen LogP) is 4.18. The van der Waals surface area contributed by atoms with E-state index in [2.05, 4.69) is 17.6 Å². The van der Waals surface area contributed by atoms with Gasteiger partial charge in [0.1, 0.15) is 5.75 Å². The fraction of sp³-hybridized carbons (Fsp3) is 0.727. The van der Waals surface area contributed by atoms with E-state index in [0.29, 0.717) is 37.7 Å². The van der Waals surface area contributed by atoms with Crippen LogP contribution in [0.15, 0.2) is 18.2 Å². The van der Waals surface area contributed by atoms with E-state index in [4.69, 9.17) is 9.47 Å². The molecule has 3 heterocycles. The molecule has 0 bridgehead atoms. The van der Waals surface area contributed by atoms with Crippen LogP contribution >= 0.6 is 0 Å². The van der Waals surface area contributed by atoms with Crippen LogP contribution in [0, 0.1) is 17.8 Å². The number of ether oxygens (including phenoxy) is 2. The van der Waals surface area contributed by atoms with E-state index in [1.165, 1.54) is 0 Å². The van der Waals surface area contributed by atoms with Gasteiger partial charge in [-0.1, -0.05) is 19.8 Å². The zero-order valence-electron chi connectivity index (χ0n) is 25.6. The highest BCUT2D eigenvalue weighted by Gasteiger charge is 2.51. The molecule has 6 rings (SSSR count). The number of carbonyl (C=O) groups excluding carboxylic acids is 3. The van der Waals surface area contributed by atoms with Crippen molar-refractivity contribution in [3.8, 4) is 5.75 Å². The molecule has 2 aliphatic carbocycles. The Kier molecular flexibility index (Phi) is 8.26. The summed E-state index contributed by atoms with van der Waals surface area (Å²) in [5, 5.41) is 6.82. The number of fused-ring (bicyclic) bond motifs is 1. The number of unbranched alkanes of at least 4 members (excludes halogenated alkanes) is 2. The van der Waals surface area contributed by atoms with E-state index in [1.54, 1.807) is 0 Å². The van der Waals surface area contributed by atoms with Gasteiger partial charge in [-0.25, -0.2) is 0 Å². The van der Waals surface area contributed by atoms with E-state index in [9.17, 15) is 14.4 Å². The second-order valence-corrected chi connectivity index (χ2v) is 13.7. The van der Waals surface area contributed by atoms with E-state index in [0.717, 1.165) is 82.4 Å². The largest absolute Gasteiger partial charge is 0.476 e. The van der Waals surface area contributed by atoms with Crippen molar-refractivity contribution in [3.05, 3.63) is 18.2 Å². The minimum Gasteiger partial charge on any atom is -0.476 e. The van der Waals surface area contributed by atoms with Crippen LogP contribution in [0.4, 0.5) is 11.4 Å². The van der Waals surface area contributed by atoms with E-state index in [-0.39, 0.29) is 41.1 Å². The lowest BCUT2D eigenvalue weighted by molar-refractivity contribution is -0.132. The number of piperidine rings is 1. The van der Waals surface area contributed by atoms with Crippen molar-refractivity contribution >= 4 is 29.1 Å². The Morgan fingerprint density at radius 1 is 1.07 bits per heavy atom. The second-order valence-electron chi connectivity index (χ2n) is 13.7. The summed E-state index contributed by atoms with van der Waals surface area (Å²) in [6, 6.07) is 5.99. The quantitative estimate of drug-likeness (QED) is 0.403. The van der Waals surface area contributed by atoms with Crippen LogP contribution < -0.4 is 25.2 Å². The van der Waals surface area contributed by atoms with Crippen LogP contribution in [0.3, 0.4) is 0 Å². The molecule has 3 amide bonds. The van der Waals surface area contributed by atoms with Gasteiger partial charge >= 0.3 is 0 Å². The SMILES string of the molecule is CCCCCN1C(=O)C(C)(C)Oc2ccc(N(C(=O)[C@H]3CNC[C@@H](C(=O)NC4(C5CCOCC5)CC4)C3)C3CC3)cc21. The molecule has 1 aromatic rings. The first-order valence-corrected chi connectivity index (χ1v) is 16.3. The monoisotopic (exact) mass is 580 g/mol. The Bertz CT molecular complexity index is 1190. The highest BCUT2D eigenvalue weighted by molar-refractivity contribution is 6.04. The van der Waals surface area contributed by atoms with Crippen molar-refractivity contribution in [2.75, 3.05) is 42.6 Å². The van der Waals surface area contributed by atoms with Crippen molar-refractivity contribution in [2.45, 2.75) is 102 Å². The smallest absolute Gasteiger partial charge is 0.270 e. The molecule has 0 unspecified atom stereocenters. The molecule has 2 atom stereocenters. The summed E-state index contributed by atoms with van der Waals surface area (Å²) in [4.78, 5) is 44.8. The topological polar surface area (TPSA) is 100 Å². The summed E-state index contributed by atoms with van der Waals surface area (Å²) in [7, 11) is 0. The van der Waals surface area contributed by atoms with E-state index >= 15 is 0 Å². The molecule has 42 heavy (non-hydrogen) atoms. The van der Waals surface area contributed by atoms with Gasteiger partial charge in [-0.3, -0.25) is 14.4 Å². The first-order valence-electron chi connectivity index (χ1n) is 16.3. The van der Waals surface area contributed by atoms with Crippen molar-refractivity contribution in [1.82, 2.24) is 10.6 Å². The van der Waals surface area contributed by atoms with Crippen LogP contribution in [0.2, 0.25) is 0 Å². The molecule has 0 radical (unpaired) electrons. The third kappa shape index (κ3) is 5.91. The van der Waals surface area contributed by atoms with Crippen LogP contribution in [0.5, 0.6) is 5.75 Å². The lowest BCUT2D eigenvalue weighted by Crippen LogP contribution is -2.53. The highest BCUT2D eigenvalue weighted by atomic mass is 16.5. The minimum absolute atomic E-state index is 0.0490. The van der Waals surface area contributed by atoms with Gasteiger partial charge in [0, 0.05) is 50.1 Å². The van der Waals surface area contributed by atoms with Crippen molar-refractivity contribution in [1.29, 1.82) is 0 Å². The van der Waals surface area contributed by atoms with Gasteiger partial charge in [0.05, 0.1) is 17.5 Å². The average molecular weight is 581 g/mol. The van der Waals surface area contributed by atoms with Crippen LogP contribution in [0.1, 0.15) is 85.0 Å². The summed E-state index contributed by atoms with van der Waals surface area (Å²) < 4.78 is 11.7. The Morgan fingerprint density at radius 3 is 2.50 bits per heavy atom. The summed E-state index contributed by atoms with van der Waals surface area (Å²) in [5.41, 5.74) is 0.548. The van der Waals surface area contributed by atoms with Crippen LogP contribution in [0.25, 0.3) is 0 Å². The third-order valence-electron chi connectivity index (χ3n) is 10.0. The maximum absolute atomic E-state index is 14.1. The molecule has 5 aliphatic rings. The van der Waals surface area contributed by atoms with Crippen LogP contribution in [-0.4, -0.2) is 67.8 Å². The Labute approximate surface area is 250 Å². The molecule has 4 fully saturated rings.